The Labute approximate surface area is 75.7 Å². The zero-order chi connectivity index (χ0) is 9.78. The minimum atomic E-state index is 0.0603. The van der Waals surface area contributed by atoms with Gasteiger partial charge in [-0.3, -0.25) is 4.79 Å². The Balaban J connectivity index is 3.83. The molecule has 0 bridgehead atoms. The third-order valence-corrected chi connectivity index (χ3v) is 2.58. The van der Waals surface area contributed by atoms with Crippen LogP contribution >= 0.6 is 0 Å². The first-order valence-corrected chi connectivity index (χ1v) is 4.67. The molecular weight excluding hydrogens is 150 g/mol. The van der Waals surface area contributed by atoms with Crippen LogP contribution in [0.25, 0.3) is 0 Å². The van der Waals surface area contributed by atoms with Gasteiger partial charge in [0, 0.05) is 12.0 Å². The monoisotopic (exact) mass is 171 g/mol. The molecule has 0 amide bonds. The first kappa shape index (κ1) is 11.6. The first-order valence-electron chi connectivity index (χ1n) is 4.67. The Morgan fingerprint density at radius 3 is 2.25 bits per heavy atom. The fraction of sp³-hybridized carbons (Fsp3) is 0.900. The highest BCUT2D eigenvalue weighted by molar-refractivity contribution is 5.80. The maximum Gasteiger partial charge on any atom is 0.146 e. The second-order valence-corrected chi connectivity index (χ2v) is 4.12. The van der Waals surface area contributed by atoms with E-state index in [4.69, 9.17) is 0 Å². The molecule has 2 heteroatoms. The normalized spacial score (nSPS) is 12.2. The lowest BCUT2D eigenvalue weighted by Crippen LogP contribution is -2.46. The average Bonchev–Trinajstić information content (AvgIpc) is 2.00. The lowest BCUT2D eigenvalue weighted by molar-refractivity contribution is -0.118. The molecule has 72 valence electrons. The average molecular weight is 171 g/mol. The molecule has 0 saturated heterocycles. The van der Waals surface area contributed by atoms with Gasteiger partial charge in [-0.1, -0.05) is 20.8 Å². The minimum Gasteiger partial charge on any atom is -0.305 e. The van der Waals surface area contributed by atoms with E-state index < -0.39 is 0 Å². The molecule has 0 atom stereocenters. The summed E-state index contributed by atoms with van der Waals surface area (Å²) in [6.45, 7) is 11.0. The topological polar surface area (TPSA) is 29.1 Å². The number of nitrogens with one attached hydrogen (secondary N) is 1. The van der Waals surface area contributed by atoms with Gasteiger partial charge in [-0.15, -0.1) is 0 Å². The molecule has 0 aliphatic rings. The molecule has 1 N–H and O–H groups in total. The summed E-state index contributed by atoms with van der Waals surface area (Å²) in [5.74, 6) is 0.825. The van der Waals surface area contributed by atoms with Gasteiger partial charge in [-0.25, -0.2) is 0 Å². The molecule has 0 heterocycles. The van der Waals surface area contributed by atoms with Crippen LogP contribution in [-0.2, 0) is 4.79 Å². The molecule has 0 aromatic heterocycles. The van der Waals surface area contributed by atoms with Crippen LogP contribution in [0.1, 0.15) is 41.0 Å². The van der Waals surface area contributed by atoms with Crippen LogP contribution in [0.2, 0.25) is 0 Å². The number of carbonyl (C=O) groups excluding carboxylic acids is 1. The second-order valence-electron chi connectivity index (χ2n) is 4.12. The molecule has 12 heavy (non-hydrogen) atoms. The SMILES string of the molecule is CCC(=O)CNC(C)(C)C(C)C. The fourth-order valence-electron chi connectivity index (χ4n) is 0.656. The smallest absolute Gasteiger partial charge is 0.146 e. The van der Waals surface area contributed by atoms with E-state index in [0.29, 0.717) is 18.9 Å². The highest BCUT2D eigenvalue weighted by atomic mass is 16.1. The summed E-state index contributed by atoms with van der Waals surface area (Å²) in [4.78, 5) is 11.0. The Morgan fingerprint density at radius 1 is 1.42 bits per heavy atom. The number of hydrogen-bond donors (Lipinski definition) is 1. The summed E-state index contributed by atoms with van der Waals surface area (Å²) in [5, 5.41) is 3.26. The van der Waals surface area contributed by atoms with Crippen molar-refractivity contribution in [3.63, 3.8) is 0 Å². The van der Waals surface area contributed by atoms with Gasteiger partial charge >= 0.3 is 0 Å². The Bertz CT molecular complexity index is 150. The van der Waals surface area contributed by atoms with E-state index in [1.165, 1.54) is 0 Å². The molecule has 0 aromatic carbocycles. The Hall–Kier alpha value is -0.370. The largest absolute Gasteiger partial charge is 0.305 e. The third-order valence-electron chi connectivity index (χ3n) is 2.58. The number of Topliss-reactive ketones (excluding diaryl/α,β-unsaturated/α-hetero) is 1. The van der Waals surface area contributed by atoms with Crippen molar-refractivity contribution in [2.45, 2.75) is 46.6 Å². The summed E-state index contributed by atoms with van der Waals surface area (Å²) < 4.78 is 0. The van der Waals surface area contributed by atoms with Crippen molar-refractivity contribution in [3.05, 3.63) is 0 Å². The molecule has 0 rings (SSSR count). The second kappa shape index (κ2) is 4.61. The van der Waals surface area contributed by atoms with Gasteiger partial charge in [0.25, 0.3) is 0 Å². The Morgan fingerprint density at radius 2 is 1.92 bits per heavy atom. The molecule has 0 spiro atoms. The van der Waals surface area contributed by atoms with Gasteiger partial charge in [0.1, 0.15) is 5.78 Å². The number of ketones is 1. The summed E-state index contributed by atoms with van der Waals surface area (Å²) in [7, 11) is 0. The van der Waals surface area contributed by atoms with Crippen LogP contribution in [-0.4, -0.2) is 17.9 Å². The number of rotatable bonds is 5. The molecule has 0 unspecified atom stereocenters. The van der Waals surface area contributed by atoms with E-state index >= 15 is 0 Å². The minimum absolute atomic E-state index is 0.0603. The van der Waals surface area contributed by atoms with E-state index in [9.17, 15) is 4.79 Å². The summed E-state index contributed by atoms with van der Waals surface area (Å²) in [6.07, 6.45) is 0.626. The van der Waals surface area contributed by atoms with Crippen molar-refractivity contribution in [3.8, 4) is 0 Å². The van der Waals surface area contributed by atoms with Crippen LogP contribution in [0.4, 0.5) is 0 Å². The van der Waals surface area contributed by atoms with Gasteiger partial charge in [0.05, 0.1) is 6.54 Å². The van der Waals surface area contributed by atoms with E-state index in [1.54, 1.807) is 0 Å². The lowest BCUT2D eigenvalue weighted by atomic mass is 9.90. The first-order chi connectivity index (χ1) is 5.40. The van der Waals surface area contributed by atoms with Crippen molar-refractivity contribution in [1.29, 1.82) is 0 Å². The molecule has 0 aliphatic carbocycles. The van der Waals surface area contributed by atoms with Crippen molar-refractivity contribution < 1.29 is 4.79 Å². The van der Waals surface area contributed by atoms with E-state index in [-0.39, 0.29) is 11.3 Å². The maximum atomic E-state index is 11.0. The molecule has 0 radical (unpaired) electrons. The van der Waals surface area contributed by atoms with Gasteiger partial charge < -0.3 is 5.32 Å². The summed E-state index contributed by atoms with van der Waals surface area (Å²) in [6, 6.07) is 0. The van der Waals surface area contributed by atoms with E-state index in [0.717, 1.165) is 0 Å². The van der Waals surface area contributed by atoms with Crippen molar-refractivity contribution in [2.75, 3.05) is 6.54 Å². The standard InChI is InChI=1S/C10H21NO/c1-6-9(12)7-11-10(4,5)8(2)3/h8,11H,6-7H2,1-5H3. The van der Waals surface area contributed by atoms with Crippen LogP contribution in [0.5, 0.6) is 0 Å². The predicted octanol–water partition coefficient (Wildman–Crippen LogP) is 1.99. The van der Waals surface area contributed by atoms with Crippen LogP contribution < -0.4 is 5.32 Å². The van der Waals surface area contributed by atoms with Gasteiger partial charge in [0.15, 0.2) is 0 Å². The van der Waals surface area contributed by atoms with E-state index in [2.05, 4.69) is 33.0 Å². The van der Waals surface area contributed by atoms with Crippen molar-refractivity contribution in [2.24, 2.45) is 5.92 Å². The molecule has 0 aliphatic heterocycles. The predicted molar refractivity (Wildman–Crippen MR) is 52.2 cm³/mol. The number of hydrogen-bond acceptors (Lipinski definition) is 2. The van der Waals surface area contributed by atoms with Gasteiger partial charge in [0.2, 0.25) is 0 Å². The van der Waals surface area contributed by atoms with E-state index in [1.807, 2.05) is 6.92 Å². The third kappa shape index (κ3) is 3.86. The summed E-state index contributed by atoms with van der Waals surface area (Å²) in [5.41, 5.74) is 0.0603. The van der Waals surface area contributed by atoms with Crippen LogP contribution in [0.15, 0.2) is 0 Å². The lowest BCUT2D eigenvalue weighted by Gasteiger charge is -2.30. The highest BCUT2D eigenvalue weighted by Gasteiger charge is 2.21. The van der Waals surface area contributed by atoms with Crippen LogP contribution in [0.3, 0.4) is 0 Å². The Kier molecular flexibility index (Phi) is 4.46. The zero-order valence-corrected chi connectivity index (χ0v) is 8.90. The quantitative estimate of drug-likeness (QED) is 0.685. The highest BCUT2D eigenvalue weighted by Crippen LogP contribution is 2.14. The molecule has 0 saturated carbocycles. The fourth-order valence-corrected chi connectivity index (χ4v) is 0.656. The van der Waals surface area contributed by atoms with Crippen molar-refractivity contribution in [1.82, 2.24) is 5.32 Å². The number of carbonyl (C=O) groups is 1. The van der Waals surface area contributed by atoms with Crippen molar-refractivity contribution >= 4 is 5.78 Å². The van der Waals surface area contributed by atoms with Crippen LogP contribution in [0, 0.1) is 5.92 Å². The van der Waals surface area contributed by atoms with Gasteiger partial charge in [-0.05, 0) is 19.8 Å². The molecule has 2 nitrogen and oxygen atoms in total. The molecular formula is C10H21NO. The zero-order valence-electron chi connectivity index (χ0n) is 8.90. The molecule has 0 fully saturated rings. The summed E-state index contributed by atoms with van der Waals surface area (Å²) >= 11 is 0. The maximum absolute atomic E-state index is 11.0. The molecule has 0 aromatic rings. The van der Waals surface area contributed by atoms with Gasteiger partial charge in [-0.2, -0.15) is 0 Å².